The highest BCUT2D eigenvalue weighted by molar-refractivity contribution is 5.36. The van der Waals surface area contributed by atoms with Gasteiger partial charge in [0.1, 0.15) is 11.5 Å². The standard InChI is InChI=1S/C7H7NO3.C6H5NO3/c1-11-7-4-2-6(3-5-7)8(9)10;8-6-3-1-5(2-4-6)7(9)10/h2-5H,1H3;1-4,8H. The van der Waals surface area contributed by atoms with Crippen molar-refractivity contribution >= 4 is 11.4 Å². The molecular weight excluding hydrogens is 280 g/mol. The van der Waals surface area contributed by atoms with E-state index in [-0.39, 0.29) is 17.1 Å². The van der Waals surface area contributed by atoms with E-state index in [9.17, 15) is 20.2 Å². The maximum absolute atomic E-state index is 10.2. The molecule has 0 aromatic heterocycles. The van der Waals surface area contributed by atoms with Crippen molar-refractivity contribution < 1.29 is 19.7 Å². The van der Waals surface area contributed by atoms with Crippen LogP contribution >= 0.6 is 0 Å². The zero-order valence-corrected chi connectivity index (χ0v) is 11.0. The number of rotatable bonds is 3. The van der Waals surface area contributed by atoms with Crippen LogP contribution in [0.25, 0.3) is 0 Å². The molecule has 21 heavy (non-hydrogen) atoms. The van der Waals surface area contributed by atoms with Crippen LogP contribution in [0.2, 0.25) is 0 Å². The summed E-state index contributed by atoms with van der Waals surface area (Å²) in [6.45, 7) is 0. The predicted molar refractivity (Wildman–Crippen MR) is 74.4 cm³/mol. The number of nitro groups is 2. The Morgan fingerprint density at radius 3 is 1.57 bits per heavy atom. The van der Waals surface area contributed by atoms with E-state index in [4.69, 9.17) is 9.84 Å². The van der Waals surface area contributed by atoms with Crippen molar-refractivity contribution in [3.05, 3.63) is 68.8 Å². The van der Waals surface area contributed by atoms with Crippen LogP contribution in [0.15, 0.2) is 48.5 Å². The number of nitrogens with zero attached hydrogens (tertiary/aromatic N) is 2. The molecule has 0 bridgehead atoms. The first-order chi connectivity index (χ1) is 9.93. The van der Waals surface area contributed by atoms with Crippen molar-refractivity contribution in [2.24, 2.45) is 0 Å². The number of hydrogen-bond acceptors (Lipinski definition) is 6. The van der Waals surface area contributed by atoms with Gasteiger partial charge in [0, 0.05) is 24.3 Å². The first-order valence-corrected chi connectivity index (χ1v) is 5.66. The molecule has 8 nitrogen and oxygen atoms in total. The van der Waals surface area contributed by atoms with Gasteiger partial charge in [-0.05, 0) is 24.3 Å². The maximum Gasteiger partial charge on any atom is 0.269 e. The third-order valence-corrected chi connectivity index (χ3v) is 2.34. The lowest BCUT2D eigenvalue weighted by Gasteiger charge is -1.96. The van der Waals surface area contributed by atoms with Gasteiger partial charge in [0.2, 0.25) is 0 Å². The van der Waals surface area contributed by atoms with E-state index in [1.807, 2.05) is 0 Å². The van der Waals surface area contributed by atoms with Crippen LogP contribution in [0.5, 0.6) is 11.5 Å². The molecule has 0 unspecified atom stereocenters. The van der Waals surface area contributed by atoms with E-state index in [0.717, 1.165) is 0 Å². The molecule has 0 amide bonds. The molecule has 0 radical (unpaired) electrons. The van der Waals surface area contributed by atoms with E-state index < -0.39 is 9.85 Å². The molecule has 0 aliphatic carbocycles. The minimum Gasteiger partial charge on any atom is -0.508 e. The quantitative estimate of drug-likeness (QED) is 0.686. The Morgan fingerprint density at radius 1 is 0.857 bits per heavy atom. The summed E-state index contributed by atoms with van der Waals surface area (Å²) in [5.41, 5.74) is 0.0589. The molecule has 1 N–H and O–H groups in total. The highest BCUT2D eigenvalue weighted by Crippen LogP contribution is 2.16. The molecule has 2 rings (SSSR count). The number of phenolic OH excluding ortho intramolecular Hbond substituents is 1. The van der Waals surface area contributed by atoms with Crippen LogP contribution in [-0.2, 0) is 0 Å². The summed E-state index contributed by atoms with van der Waals surface area (Å²) >= 11 is 0. The third kappa shape index (κ3) is 5.15. The van der Waals surface area contributed by atoms with Crippen LogP contribution in [0.4, 0.5) is 11.4 Å². The van der Waals surface area contributed by atoms with Crippen LogP contribution in [0, 0.1) is 20.2 Å². The lowest BCUT2D eigenvalue weighted by atomic mass is 10.3. The van der Waals surface area contributed by atoms with Crippen molar-refractivity contribution in [3.63, 3.8) is 0 Å². The van der Waals surface area contributed by atoms with E-state index in [0.29, 0.717) is 5.75 Å². The number of hydrogen-bond donors (Lipinski definition) is 1. The minimum atomic E-state index is -0.514. The van der Waals surface area contributed by atoms with Gasteiger partial charge in [-0.15, -0.1) is 0 Å². The monoisotopic (exact) mass is 292 g/mol. The Labute approximate surface area is 119 Å². The molecule has 0 atom stereocenters. The van der Waals surface area contributed by atoms with Crippen molar-refractivity contribution in [2.75, 3.05) is 7.11 Å². The molecule has 2 aromatic rings. The van der Waals surface area contributed by atoms with Crippen LogP contribution < -0.4 is 4.74 Å². The van der Waals surface area contributed by atoms with Crippen molar-refractivity contribution in [2.45, 2.75) is 0 Å². The molecule has 0 heterocycles. The summed E-state index contributed by atoms with van der Waals surface area (Å²) in [5.74, 6) is 0.654. The fourth-order valence-electron chi connectivity index (χ4n) is 1.28. The molecule has 0 fully saturated rings. The maximum atomic E-state index is 10.2. The lowest BCUT2D eigenvalue weighted by molar-refractivity contribution is -0.385. The van der Waals surface area contributed by atoms with Crippen LogP contribution in [0.1, 0.15) is 0 Å². The summed E-state index contributed by atoms with van der Waals surface area (Å²) < 4.78 is 4.83. The normalized spacial score (nSPS) is 9.19. The highest BCUT2D eigenvalue weighted by Gasteiger charge is 2.03. The first-order valence-electron chi connectivity index (χ1n) is 5.66. The van der Waals surface area contributed by atoms with Gasteiger partial charge < -0.3 is 9.84 Å². The van der Waals surface area contributed by atoms with Gasteiger partial charge in [0.25, 0.3) is 11.4 Å². The molecule has 110 valence electrons. The second kappa shape index (κ2) is 7.43. The predicted octanol–water partition coefficient (Wildman–Crippen LogP) is 2.90. The minimum absolute atomic E-state index is 0.0159. The largest absolute Gasteiger partial charge is 0.508 e. The van der Waals surface area contributed by atoms with Gasteiger partial charge in [-0.25, -0.2) is 0 Å². The second-order valence-electron chi connectivity index (χ2n) is 3.73. The SMILES string of the molecule is COc1ccc([N+](=O)[O-])cc1.O=[N+]([O-])c1ccc(O)cc1. The molecule has 8 heteroatoms. The highest BCUT2D eigenvalue weighted by atomic mass is 16.6. The number of methoxy groups -OCH3 is 1. The van der Waals surface area contributed by atoms with Crippen LogP contribution in [0.3, 0.4) is 0 Å². The Balaban J connectivity index is 0.000000211. The summed E-state index contributed by atoms with van der Waals surface area (Å²) in [6, 6.07) is 11.0. The Hall–Kier alpha value is -3.16. The molecular formula is C13H12N2O6. The zero-order chi connectivity index (χ0) is 15.8. The summed E-state index contributed by atoms with van der Waals surface area (Å²) in [6.07, 6.45) is 0. The molecule has 0 aliphatic heterocycles. The summed E-state index contributed by atoms with van der Waals surface area (Å²) in [7, 11) is 1.52. The number of nitro benzene ring substituents is 2. The average Bonchev–Trinajstić information content (AvgIpc) is 2.48. The van der Waals surface area contributed by atoms with Crippen molar-refractivity contribution in [3.8, 4) is 11.5 Å². The van der Waals surface area contributed by atoms with E-state index in [1.165, 1.54) is 43.5 Å². The zero-order valence-electron chi connectivity index (χ0n) is 11.0. The Kier molecular flexibility index (Phi) is 5.63. The molecule has 2 aromatic carbocycles. The van der Waals surface area contributed by atoms with Gasteiger partial charge in [0.15, 0.2) is 0 Å². The van der Waals surface area contributed by atoms with E-state index in [2.05, 4.69) is 0 Å². The van der Waals surface area contributed by atoms with Crippen molar-refractivity contribution in [1.82, 2.24) is 0 Å². The third-order valence-electron chi connectivity index (χ3n) is 2.34. The number of phenols is 1. The van der Waals surface area contributed by atoms with Gasteiger partial charge >= 0.3 is 0 Å². The molecule has 0 spiro atoms. The van der Waals surface area contributed by atoms with Crippen molar-refractivity contribution in [1.29, 1.82) is 0 Å². The van der Waals surface area contributed by atoms with E-state index >= 15 is 0 Å². The topological polar surface area (TPSA) is 116 Å². The summed E-state index contributed by atoms with van der Waals surface area (Å²) in [4.78, 5) is 19.2. The molecule has 0 aliphatic rings. The Morgan fingerprint density at radius 2 is 1.24 bits per heavy atom. The lowest BCUT2D eigenvalue weighted by Crippen LogP contribution is -1.87. The molecule has 0 saturated heterocycles. The first kappa shape index (κ1) is 15.9. The summed E-state index contributed by atoms with van der Waals surface area (Å²) in [5, 5.41) is 28.9. The van der Waals surface area contributed by atoms with E-state index in [1.54, 1.807) is 12.1 Å². The number of non-ortho nitro benzene ring substituents is 2. The fourth-order valence-corrected chi connectivity index (χ4v) is 1.28. The Bertz CT molecular complexity index is 610. The molecule has 0 saturated carbocycles. The van der Waals surface area contributed by atoms with Gasteiger partial charge in [-0.3, -0.25) is 20.2 Å². The second-order valence-corrected chi connectivity index (χ2v) is 3.73. The van der Waals surface area contributed by atoms with Gasteiger partial charge in [0.05, 0.1) is 17.0 Å². The fraction of sp³-hybridized carbons (Fsp3) is 0.0769. The average molecular weight is 292 g/mol. The number of benzene rings is 2. The van der Waals surface area contributed by atoms with Gasteiger partial charge in [-0.2, -0.15) is 0 Å². The van der Waals surface area contributed by atoms with Crippen LogP contribution in [-0.4, -0.2) is 22.1 Å². The number of aromatic hydroxyl groups is 1. The van der Waals surface area contributed by atoms with Gasteiger partial charge in [-0.1, -0.05) is 0 Å². The smallest absolute Gasteiger partial charge is 0.269 e. The number of ether oxygens (including phenoxy) is 1.